The van der Waals surface area contributed by atoms with Crippen molar-refractivity contribution in [3.05, 3.63) is 24.3 Å². The molecule has 150 valence electrons. The monoisotopic (exact) mass is 377 g/mol. The average molecular weight is 377 g/mol. The number of ether oxygens (including phenoxy) is 3. The molecule has 1 fully saturated rings. The van der Waals surface area contributed by atoms with Gasteiger partial charge in [-0.3, -0.25) is 4.79 Å². The Bertz CT molecular complexity index is 596. The van der Waals surface area contributed by atoms with Crippen LogP contribution in [0.5, 0.6) is 11.5 Å². The Morgan fingerprint density at radius 3 is 2.33 bits per heavy atom. The summed E-state index contributed by atoms with van der Waals surface area (Å²) in [5, 5.41) is 2.99. The third kappa shape index (κ3) is 7.49. The number of benzene rings is 1. The van der Waals surface area contributed by atoms with Crippen molar-refractivity contribution in [1.82, 2.24) is 5.32 Å². The van der Waals surface area contributed by atoms with E-state index >= 15 is 0 Å². The van der Waals surface area contributed by atoms with Crippen molar-refractivity contribution in [2.75, 3.05) is 13.2 Å². The van der Waals surface area contributed by atoms with Crippen LogP contribution in [-0.4, -0.2) is 37.2 Å². The largest absolute Gasteiger partial charge is 0.490 e. The highest BCUT2D eigenvalue weighted by molar-refractivity contribution is 5.83. The van der Waals surface area contributed by atoms with Crippen molar-refractivity contribution in [2.24, 2.45) is 0 Å². The minimum atomic E-state index is -0.837. The summed E-state index contributed by atoms with van der Waals surface area (Å²) in [5.41, 5.74) is 0. The van der Waals surface area contributed by atoms with E-state index in [1.54, 1.807) is 19.1 Å². The smallest absolute Gasteiger partial charge is 0.344 e. The first-order valence-electron chi connectivity index (χ1n) is 9.94. The molecule has 0 radical (unpaired) electrons. The lowest BCUT2D eigenvalue weighted by Crippen LogP contribution is -2.42. The lowest BCUT2D eigenvalue weighted by atomic mass is 10.1. The molecular weight excluding hydrogens is 346 g/mol. The fourth-order valence-corrected chi connectivity index (χ4v) is 3.06. The fourth-order valence-electron chi connectivity index (χ4n) is 3.06. The summed E-state index contributed by atoms with van der Waals surface area (Å²) in [4.78, 5) is 24.3. The lowest BCUT2D eigenvalue weighted by molar-refractivity contribution is -0.156. The van der Waals surface area contributed by atoms with Crippen molar-refractivity contribution in [1.29, 1.82) is 0 Å². The molecule has 1 aliphatic rings. The van der Waals surface area contributed by atoms with Crippen molar-refractivity contribution in [3.8, 4) is 11.5 Å². The van der Waals surface area contributed by atoms with E-state index in [1.165, 1.54) is 12.8 Å². The average Bonchev–Trinajstić information content (AvgIpc) is 2.94. The normalized spacial score (nSPS) is 16.1. The first-order valence-corrected chi connectivity index (χ1v) is 9.94. The first kappa shape index (κ1) is 21.1. The highest BCUT2D eigenvalue weighted by Gasteiger charge is 2.22. The number of carbonyl (C=O) groups is 2. The van der Waals surface area contributed by atoms with Crippen LogP contribution in [0.25, 0.3) is 0 Å². The number of para-hydroxylation sites is 2. The molecule has 0 spiro atoms. The Morgan fingerprint density at radius 1 is 1.07 bits per heavy atom. The third-order valence-electron chi connectivity index (χ3n) is 4.54. The van der Waals surface area contributed by atoms with Gasteiger partial charge in [-0.15, -0.1) is 0 Å². The SMILES string of the molecule is CCCOc1ccccc1OCC(=O)O[C@H](C)C(=O)NC1CCCCCC1. The second-order valence-corrected chi connectivity index (χ2v) is 6.91. The summed E-state index contributed by atoms with van der Waals surface area (Å²) in [6.45, 7) is 3.90. The second kappa shape index (κ2) is 11.5. The van der Waals surface area contributed by atoms with Gasteiger partial charge < -0.3 is 19.5 Å². The van der Waals surface area contributed by atoms with Gasteiger partial charge in [-0.2, -0.15) is 0 Å². The quantitative estimate of drug-likeness (QED) is 0.525. The van der Waals surface area contributed by atoms with E-state index in [9.17, 15) is 9.59 Å². The number of amides is 1. The van der Waals surface area contributed by atoms with E-state index in [0.717, 1.165) is 32.1 Å². The molecule has 2 rings (SSSR count). The molecule has 0 aromatic heterocycles. The number of hydrogen-bond donors (Lipinski definition) is 1. The van der Waals surface area contributed by atoms with Crippen molar-refractivity contribution in [3.63, 3.8) is 0 Å². The zero-order chi connectivity index (χ0) is 19.5. The van der Waals surface area contributed by atoms with E-state index < -0.39 is 12.1 Å². The van der Waals surface area contributed by atoms with Crippen LogP contribution in [0.1, 0.15) is 58.8 Å². The summed E-state index contributed by atoms with van der Waals surface area (Å²) in [5.74, 6) is 0.246. The molecule has 6 heteroatoms. The van der Waals surface area contributed by atoms with Crippen LogP contribution >= 0.6 is 0 Å². The number of nitrogens with one attached hydrogen (secondary N) is 1. The van der Waals surface area contributed by atoms with Crippen LogP contribution in [0.2, 0.25) is 0 Å². The maximum absolute atomic E-state index is 12.3. The van der Waals surface area contributed by atoms with Crippen LogP contribution < -0.4 is 14.8 Å². The van der Waals surface area contributed by atoms with Gasteiger partial charge >= 0.3 is 5.97 Å². The summed E-state index contributed by atoms with van der Waals surface area (Å²) in [7, 11) is 0. The molecule has 27 heavy (non-hydrogen) atoms. The Morgan fingerprint density at radius 2 is 1.70 bits per heavy atom. The molecule has 1 amide bonds. The maximum atomic E-state index is 12.3. The Balaban J connectivity index is 1.76. The second-order valence-electron chi connectivity index (χ2n) is 6.91. The molecule has 0 bridgehead atoms. The molecule has 1 saturated carbocycles. The summed E-state index contributed by atoms with van der Waals surface area (Å²) >= 11 is 0. The molecule has 0 saturated heterocycles. The molecule has 1 aromatic carbocycles. The number of hydrogen-bond acceptors (Lipinski definition) is 5. The molecule has 1 aromatic rings. The zero-order valence-electron chi connectivity index (χ0n) is 16.4. The van der Waals surface area contributed by atoms with Gasteiger partial charge in [0.25, 0.3) is 5.91 Å². The number of esters is 1. The molecule has 1 N–H and O–H groups in total. The van der Waals surface area contributed by atoms with Crippen molar-refractivity contribution in [2.45, 2.75) is 70.9 Å². The van der Waals surface area contributed by atoms with Gasteiger partial charge in [-0.1, -0.05) is 44.7 Å². The predicted octanol–water partition coefficient (Wildman–Crippen LogP) is 3.62. The zero-order valence-corrected chi connectivity index (χ0v) is 16.4. The van der Waals surface area contributed by atoms with Gasteiger partial charge in [-0.05, 0) is 38.3 Å². The van der Waals surface area contributed by atoms with Crippen LogP contribution in [0.15, 0.2) is 24.3 Å². The maximum Gasteiger partial charge on any atom is 0.344 e. The summed E-state index contributed by atoms with van der Waals surface area (Å²) < 4.78 is 16.3. The predicted molar refractivity (Wildman–Crippen MR) is 103 cm³/mol. The van der Waals surface area contributed by atoms with Gasteiger partial charge in [0.15, 0.2) is 24.2 Å². The molecule has 6 nitrogen and oxygen atoms in total. The minimum Gasteiger partial charge on any atom is -0.490 e. The van der Waals surface area contributed by atoms with Crippen molar-refractivity contribution < 1.29 is 23.8 Å². The van der Waals surface area contributed by atoms with Crippen LogP contribution in [0.3, 0.4) is 0 Å². The first-order chi connectivity index (χ1) is 13.1. The molecule has 1 aliphatic carbocycles. The Labute approximate surface area is 161 Å². The Hall–Kier alpha value is -2.24. The van der Waals surface area contributed by atoms with E-state index in [-0.39, 0.29) is 18.6 Å². The molecule has 0 unspecified atom stereocenters. The van der Waals surface area contributed by atoms with Crippen LogP contribution in [0, 0.1) is 0 Å². The molecular formula is C21H31NO5. The standard InChI is InChI=1S/C21H31NO5/c1-3-14-25-18-12-8-9-13-19(18)26-15-20(23)27-16(2)21(24)22-17-10-6-4-5-7-11-17/h8-9,12-13,16-17H,3-7,10-11,14-15H2,1-2H3,(H,22,24)/t16-/m1/s1. The van der Waals surface area contributed by atoms with E-state index in [4.69, 9.17) is 14.2 Å². The van der Waals surface area contributed by atoms with E-state index in [1.807, 2.05) is 19.1 Å². The highest BCUT2D eigenvalue weighted by atomic mass is 16.6. The molecule has 0 aliphatic heterocycles. The lowest BCUT2D eigenvalue weighted by Gasteiger charge is -2.19. The van der Waals surface area contributed by atoms with Gasteiger partial charge in [0, 0.05) is 6.04 Å². The molecule has 0 heterocycles. The third-order valence-corrected chi connectivity index (χ3v) is 4.54. The fraction of sp³-hybridized carbons (Fsp3) is 0.619. The topological polar surface area (TPSA) is 73.9 Å². The van der Waals surface area contributed by atoms with Gasteiger partial charge in [0.1, 0.15) is 0 Å². The van der Waals surface area contributed by atoms with Crippen molar-refractivity contribution >= 4 is 11.9 Å². The number of rotatable bonds is 9. The molecule has 1 atom stereocenters. The van der Waals surface area contributed by atoms with Gasteiger partial charge in [0.2, 0.25) is 0 Å². The number of carbonyl (C=O) groups excluding carboxylic acids is 2. The van der Waals surface area contributed by atoms with Crippen LogP contribution in [-0.2, 0) is 14.3 Å². The summed E-state index contributed by atoms with van der Waals surface area (Å²) in [6.07, 6.45) is 6.72. The van der Waals surface area contributed by atoms with Gasteiger partial charge in [0.05, 0.1) is 6.61 Å². The van der Waals surface area contributed by atoms with Gasteiger partial charge in [-0.25, -0.2) is 4.79 Å². The van der Waals surface area contributed by atoms with E-state index in [0.29, 0.717) is 18.1 Å². The summed E-state index contributed by atoms with van der Waals surface area (Å²) in [6, 6.07) is 7.36. The highest BCUT2D eigenvalue weighted by Crippen LogP contribution is 2.26. The Kier molecular flexibility index (Phi) is 8.95. The van der Waals surface area contributed by atoms with Crippen LogP contribution in [0.4, 0.5) is 0 Å². The minimum absolute atomic E-state index is 0.181. The van der Waals surface area contributed by atoms with E-state index in [2.05, 4.69) is 5.32 Å².